The van der Waals surface area contributed by atoms with E-state index in [1.165, 1.54) is 19.3 Å². The highest BCUT2D eigenvalue weighted by molar-refractivity contribution is 6.00. The topological polar surface area (TPSA) is 118 Å². The van der Waals surface area contributed by atoms with Crippen LogP contribution in [0.5, 0.6) is 5.75 Å². The van der Waals surface area contributed by atoms with Crippen molar-refractivity contribution in [1.82, 2.24) is 5.32 Å². The smallest absolute Gasteiger partial charge is 0.349 e. The predicted octanol–water partition coefficient (Wildman–Crippen LogP) is 2.53. The van der Waals surface area contributed by atoms with Crippen molar-refractivity contribution in [2.75, 3.05) is 25.6 Å². The lowest BCUT2D eigenvalue weighted by Crippen LogP contribution is -2.23. The number of ether oxygens (including phenoxy) is 2. The second kappa shape index (κ2) is 11.0. The molecule has 0 spiro atoms. The third kappa shape index (κ3) is 6.49. The van der Waals surface area contributed by atoms with Crippen LogP contribution in [0.25, 0.3) is 6.08 Å². The first-order valence-electron chi connectivity index (χ1n) is 9.08. The summed E-state index contributed by atoms with van der Waals surface area (Å²) in [6.45, 7) is 1.70. The molecule has 0 atom stereocenters. The summed E-state index contributed by atoms with van der Waals surface area (Å²) in [7, 11) is 1.51. The van der Waals surface area contributed by atoms with Crippen LogP contribution in [0.2, 0.25) is 0 Å². The second-order valence-electron chi connectivity index (χ2n) is 6.01. The van der Waals surface area contributed by atoms with Gasteiger partial charge in [-0.15, -0.1) is 0 Å². The van der Waals surface area contributed by atoms with Gasteiger partial charge >= 0.3 is 5.97 Å². The van der Waals surface area contributed by atoms with Gasteiger partial charge in [-0.05, 0) is 48.9 Å². The van der Waals surface area contributed by atoms with E-state index in [0.29, 0.717) is 29.1 Å². The van der Waals surface area contributed by atoms with Gasteiger partial charge in [-0.2, -0.15) is 5.26 Å². The van der Waals surface area contributed by atoms with Gasteiger partial charge in [0.1, 0.15) is 17.4 Å². The Labute approximate surface area is 174 Å². The van der Waals surface area contributed by atoms with Crippen molar-refractivity contribution in [3.05, 3.63) is 65.2 Å². The van der Waals surface area contributed by atoms with Crippen LogP contribution in [0.1, 0.15) is 22.8 Å². The molecule has 30 heavy (non-hydrogen) atoms. The summed E-state index contributed by atoms with van der Waals surface area (Å²) in [6, 6.07) is 14.9. The number of carbonyl (C=O) groups excluding carboxylic acids is 3. The van der Waals surface area contributed by atoms with E-state index < -0.39 is 18.5 Å². The molecule has 8 heteroatoms. The lowest BCUT2D eigenvalue weighted by atomic mass is 10.1. The molecule has 0 aliphatic carbocycles. The Kier molecular flexibility index (Phi) is 8.15. The standard InChI is InChI=1S/C22H21N3O5/c1-3-24-21(27)16-7-5-8-18(12-16)25-20(26)14-30-22(28)17(13-23)10-15-6-4-9-19(11-15)29-2/h4-12H,3,14H2,1-2H3,(H,24,27)(H,25,26)/b17-10+. The van der Waals surface area contributed by atoms with Crippen molar-refractivity contribution in [2.45, 2.75) is 6.92 Å². The van der Waals surface area contributed by atoms with E-state index in [1.807, 2.05) is 0 Å². The van der Waals surface area contributed by atoms with Crippen LogP contribution in [0, 0.1) is 11.3 Å². The molecule has 154 valence electrons. The molecule has 0 bridgehead atoms. The molecule has 0 aromatic heterocycles. The first kappa shape index (κ1) is 22.2. The Bertz CT molecular complexity index is 1010. The van der Waals surface area contributed by atoms with Gasteiger partial charge in [0.25, 0.3) is 11.8 Å². The summed E-state index contributed by atoms with van der Waals surface area (Å²) >= 11 is 0. The highest BCUT2D eigenvalue weighted by Gasteiger charge is 2.14. The fourth-order valence-corrected chi connectivity index (χ4v) is 2.44. The number of anilines is 1. The fourth-order valence-electron chi connectivity index (χ4n) is 2.44. The van der Waals surface area contributed by atoms with Crippen LogP contribution < -0.4 is 15.4 Å². The van der Waals surface area contributed by atoms with Crippen LogP contribution in [-0.2, 0) is 14.3 Å². The Morgan fingerprint density at radius 3 is 2.60 bits per heavy atom. The zero-order chi connectivity index (χ0) is 21.9. The van der Waals surface area contributed by atoms with E-state index >= 15 is 0 Å². The van der Waals surface area contributed by atoms with Crippen LogP contribution in [-0.4, -0.2) is 38.0 Å². The molecule has 2 rings (SSSR count). The summed E-state index contributed by atoms with van der Waals surface area (Å²) in [5.74, 6) is -1.22. The maximum atomic E-state index is 12.1. The Balaban J connectivity index is 1.97. The number of rotatable bonds is 8. The number of nitrogens with zero attached hydrogens (tertiary/aromatic N) is 1. The molecule has 0 unspecified atom stereocenters. The molecule has 0 fully saturated rings. The van der Waals surface area contributed by atoms with Crippen molar-refractivity contribution in [2.24, 2.45) is 0 Å². The van der Waals surface area contributed by atoms with Crippen molar-refractivity contribution < 1.29 is 23.9 Å². The minimum atomic E-state index is -0.924. The van der Waals surface area contributed by atoms with Gasteiger partial charge in [0.05, 0.1) is 7.11 Å². The maximum absolute atomic E-state index is 12.1. The summed E-state index contributed by atoms with van der Waals surface area (Å²) in [6.07, 6.45) is 1.35. The normalized spacial score (nSPS) is 10.5. The van der Waals surface area contributed by atoms with Crippen molar-refractivity contribution >= 4 is 29.5 Å². The predicted molar refractivity (Wildman–Crippen MR) is 111 cm³/mol. The molecule has 0 aliphatic heterocycles. The third-order valence-electron chi connectivity index (χ3n) is 3.83. The van der Waals surface area contributed by atoms with Crippen molar-refractivity contribution in [1.29, 1.82) is 5.26 Å². The van der Waals surface area contributed by atoms with E-state index in [0.717, 1.165) is 0 Å². The average molecular weight is 407 g/mol. The number of esters is 1. The van der Waals surface area contributed by atoms with Gasteiger partial charge in [-0.3, -0.25) is 9.59 Å². The first-order valence-corrected chi connectivity index (χ1v) is 9.08. The zero-order valence-corrected chi connectivity index (χ0v) is 16.6. The number of methoxy groups -OCH3 is 1. The molecule has 2 N–H and O–H groups in total. The maximum Gasteiger partial charge on any atom is 0.349 e. The molecule has 0 saturated carbocycles. The number of nitriles is 1. The van der Waals surface area contributed by atoms with Gasteiger partial charge in [0.2, 0.25) is 0 Å². The number of hydrogen-bond acceptors (Lipinski definition) is 6. The average Bonchev–Trinajstić information content (AvgIpc) is 2.76. The van der Waals surface area contributed by atoms with E-state index in [2.05, 4.69) is 10.6 Å². The number of carbonyl (C=O) groups is 3. The van der Waals surface area contributed by atoms with E-state index in [1.54, 1.807) is 55.5 Å². The second-order valence-corrected chi connectivity index (χ2v) is 6.01. The lowest BCUT2D eigenvalue weighted by Gasteiger charge is -2.08. The highest BCUT2D eigenvalue weighted by Crippen LogP contribution is 2.16. The summed E-state index contributed by atoms with van der Waals surface area (Å²) in [5.41, 5.74) is 1.09. The molecular formula is C22H21N3O5. The van der Waals surface area contributed by atoms with Gasteiger partial charge in [-0.25, -0.2) is 4.79 Å². The highest BCUT2D eigenvalue weighted by atomic mass is 16.5. The Hall–Kier alpha value is -4.12. The minimum Gasteiger partial charge on any atom is -0.497 e. The minimum absolute atomic E-state index is 0.255. The van der Waals surface area contributed by atoms with E-state index in [9.17, 15) is 19.6 Å². The molecular weight excluding hydrogens is 386 g/mol. The monoisotopic (exact) mass is 407 g/mol. The largest absolute Gasteiger partial charge is 0.497 e. The number of nitrogens with one attached hydrogen (secondary N) is 2. The van der Waals surface area contributed by atoms with Crippen LogP contribution in [0.15, 0.2) is 54.1 Å². The number of hydrogen-bond donors (Lipinski definition) is 2. The fraction of sp³-hybridized carbons (Fsp3) is 0.182. The SMILES string of the molecule is CCNC(=O)c1cccc(NC(=O)COC(=O)/C(C#N)=C/c2cccc(OC)c2)c1. The molecule has 2 aromatic rings. The van der Waals surface area contributed by atoms with Gasteiger partial charge in [0, 0.05) is 17.8 Å². The summed E-state index contributed by atoms with van der Waals surface area (Å²) in [4.78, 5) is 36.1. The van der Waals surface area contributed by atoms with Crippen LogP contribution in [0.3, 0.4) is 0 Å². The quantitative estimate of drug-likeness (QED) is 0.394. The van der Waals surface area contributed by atoms with E-state index in [4.69, 9.17) is 9.47 Å². The van der Waals surface area contributed by atoms with Gasteiger partial charge in [0.15, 0.2) is 6.61 Å². The van der Waals surface area contributed by atoms with Gasteiger partial charge < -0.3 is 20.1 Å². The number of benzene rings is 2. The van der Waals surface area contributed by atoms with Crippen LogP contribution >= 0.6 is 0 Å². The molecule has 8 nitrogen and oxygen atoms in total. The third-order valence-corrected chi connectivity index (χ3v) is 3.83. The summed E-state index contributed by atoms with van der Waals surface area (Å²) in [5, 5.41) is 14.4. The van der Waals surface area contributed by atoms with Crippen LogP contribution in [0.4, 0.5) is 5.69 Å². The molecule has 2 amide bonds. The molecule has 0 heterocycles. The molecule has 0 radical (unpaired) electrons. The molecule has 0 saturated heterocycles. The lowest BCUT2D eigenvalue weighted by molar-refractivity contribution is -0.142. The van der Waals surface area contributed by atoms with Crippen molar-refractivity contribution in [3.63, 3.8) is 0 Å². The summed E-state index contributed by atoms with van der Waals surface area (Å²) < 4.78 is 10.0. The zero-order valence-electron chi connectivity index (χ0n) is 16.6. The first-order chi connectivity index (χ1) is 14.5. The van der Waals surface area contributed by atoms with E-state index in [-0.39, 0.29) is 11.5 Å². The van der Waals surface area contributed by atoms with Crippen molar-refractivity contribution in [3.8, 4) is 11.8 Å². The molecule has 0 aliphatic rings. The Morgan fingerprint density at radius 2 is 1.90 bits per heavy atom. The van der Waals surface area contributed by atoms with Gasteiger partial charge in [-0.1, -0.05) is 18.2 Å². The Morgan fingerprint density at radius 1 is 1.13 bits per heavy atom. The molecule has 2 aromatic carbocycles. The number of amides is 2.